The number of rotatable bonds is 10. The molecular formula is C25H27F3N3O8P. The van der Waals surface area contributed by atoms with Gasteiger partial charge in [0.15, 0.2) is 0 Å². The van der Waals surface area contributed by atoms with Gasteiger partial charge in [0.1, 0.15) is 18.8 Å². The van der Waals surface area contributed by atoms with Crippen LogP contribution >= 0.6 is 7.82 Å². The van der Waals surface area contributed by atoms with E-state index in [4.69, 9.17) is 4.52 Å². The van der Waals surface area contributed by atoms with E-state index in [1.807, 2.05) is 0 Å². The lowest BCUT2D eigenvalue weighted by atomic mass is 10.0. The molecule has 3 amide bonds. The van der Waals surface area contributed by atoms with Crippen LogP contribution in [0.4, 0.5) is 13.2 Å². The summed E-state index contributed by atoms with van der Waals surface area (Å²) in [7, 11) is -1.79. The Balaban J connectivity index is 1.42. The second kappa shape index (κ2) is 11.8. The molecule has 2 aromatic rings. The van der Waals surface area contributed by atoms with Crippen molar-refractivity contribution in [2.24, 2.45) is 0 Å². The fourth-order valence-corrected chi connectivity index (χ4v) is 5.17. The summed E-state index contributed by atoms with van der Waals surface area (Å²) in [5, 5.41) is 13.1. The zero-order chi connectivity index (χ0) is 29.2. The highest BCUT2D eigenvalue weighted by atomic mass is 31.2. The standard InChI is InChI=1S/C25H27F3N3O8P/c1-37-40(36,38-2)39-14-31-21(32)10-9-20(23(31)34)30-13-16-11-15(3-8-19(16)22(30)33)12-29-24(35)25(27,28)17-4-6-18(26)7-5-17/h3-8,11,20,22,33H,9-10,12-14H2,1-2H3,(H,29,35). The van der Waals surface area contributed by atoms with Gasteiger partial charge >= 0.3 is 13.7 Å². The quantitative estimate of drug-likeness (QED) is 0.319. The van der Waals surface area contributed by atoms with E-state index in [0.717, 1.165) is 43.4 Å². The number of aliphatic hydroxyl groups excluding tert-OH is 1. The van der Waals surface area contributed by atoms with Crippen LogP contribution in [-0.2, 0) is 51.5 Å². The lowest BCUT2D eigenvalue weighted by Gasteiger charge is -2.36. The minimum Gasteiger partial charge on any atom is -0.374 e. The number of fused-ring (bicyclic) bond motifs is 1. The van der Waals surface area contributed by atoms with Crippen molar-refractivity contribution in [1.29, 1.82) is 0 Å². The van der Waals surface area contributed by atoms with Crippen LogP contribution in [0, 0.1) is 5.82 Å². The SMILES string of the molecule is COP(=O)(OC)OCN1C(=O)CCC(N2Cc3cc(CNC(=O)C(F)(F)c4ccc(F)cc4)ccc3C2O)C1=O. The number of phosphoric ester groups is 1. The minimum atomic E-state index is -3.96. The smallest absolute Gasteiger partial charge is 0.374 e. The van der Waals surface area contributed by atoms with Crippen molar-refractivity contribution in [3.8, 4) is 0 Å². The van der Waals surface area contributed by atoms with Gasteiger partial charge in [0, 0.05) is 39.3 Å². The van der Waals surface area contributed by atoms with E-state index in [-0.39, 0.29) is 25.9 Å². The maximum Gasteiger partial charge on any atom is 0.475 e. The average Bonchev–Trinajstić information content (AvgIpc) is 3.26. The van der Waals surface area contributed by atoms with Crippen LogP contribution in [0.1, 0.15) is 41.3 Å². The predicted molar refractivity (Wildman–Crippen MR) is 132 cm³/mol. The lowest BCUT2D eigenvalue weighted by molar-refractivity contribution is -0.161. The molecule has 0 bridgehead atoms. The molecule has 2 heterocycles. The van der Waals surface area contributed by atoms with E-state index in [9.17, 15) is 37.2 Å². The Kier molecular flexibility index (Phi) is 8.78. The average molecular weight is 585 g/mol. The highest BCUT2D eigenvalue weighted by Gasteiger charge is 2.44. The molecule has 0 saturated carbocycles. The van der Waals surface area contributed by atoms with Crippen LogP contribution in [-0.4, -0.2) is 59.6 Å². The number of piperidine rings is 1. The normalized spacial score (nSPS) is 20.1. The number of benzene rings is 2. The molecule has 2 aliphatic rings. The van der Waals surface area contributed by atoms with Crippen molar-refractivity contribution >= 4 is 25.5 Å². The van der Waals surface area contributed by atoms with Gasteiger partial charge in [0.05, 0.1) is 6.04 Å². The van der Waals surface area contributed by atoms with E-state index in [2.05, 4.69) is 14.4 Å². The molecule has 15 heteroatoms. The topological polar surface area (TPSA) is 135 Å². The number of nitrogens with zero attached hydrogens (tertiary/aromatic N) is 2. The van der Waals surface area contributed by atoms with Gasteiger partial charge in [-0.05, 0) is 47.4 Å². The van der Waals surface area contributed by atoms with Crippen LogP contribution in [0.2, 0.25) is 0 Å². The molecule has 2 aromatic carbocycles. The van der Waals surface area contributed by atoms with Crippen LogP contribution in [0.25, 0.3) is 0 Å². The van der Waals surface area contributed by atoms with Crippen LogP contribution < -0.4 is 5.32 Å². The molecule has 0 aliphatic carbocycles. The van der Waals surface area contributed by atoms with Gasteiger partial charge < -0.3 is 10.4 Å². The zero-order valence-electron chi connectivity index (χ0n) is 21.5. The summed E-state index contributed by atoms with van der Waals surface area (Å²) in [6.07, 6.45) is -1.12. The van der Waals surface area contributed by atoms with Crippen LogP contribution in [0.15, 0.2) is 42.5 Å². The summed E-state index contributed by atoms with van der Waals surface area (Å²) in [4.78, 5) is 40.0. The minimum absolute atomic E-state index is 0.0385. The van der Waals surface area contributed by atoms with Gasteiger partial charge in [0.25, 0.3) is 5.91 Å². The molecular weight excluding hydrogens is 558 g/mol. The first-order valence-corrected chi connectivity index (χ1v) is 13.5. The van der Waals surface area contributed by atoms with Crippen molar-refractivity contribution < 1.29 is 50.8 Å². The maximum atomic E-state index is 14.5. The number of phosphoric acid groups is 1. The molecule has 40 heavy (non-hydrogen) atoms. The second-order valence-electron chi connectivity index (χ2n) is 9.13. The molecule has 2 atom stereocenters. The Hall–Kier alpha value is -3.13. The Bertz CT molecular complexity index is 1340. The van der Waals surface area contributed by atoms with Crippen LogP contribution in [0.5, 0.6) is 0 Å². The Morgan fingerprint density at radius 1 is 1.15 bits per heavy atom. The largest absolute Gasteiger partial charge is 0.475 e. The number of likely N-dealkylation sites (tertiary alicyclic amines) is 1. The molecule has 0 aromatic heterocycles. The first-order chi connectivity index (χ1) is 18.9. The number of halogens is 3. The molecule has 0 radical (unpaired) electrons. The first kappa shape index (κ1) is 29.8. The maximum absolute atomic E-state index is 14.5. The summed E-state index contributed by atoms with van der Waals surface area (Å²) in [6.45, 7) is -0.825. The van der Waals surface area contributed by atoms with E-state index >= 15 is 0 Å². The molecule has 2 N–H and O–H groups in total. The molecule has 1 saturated heterocycles. The van der Waals surface area contributed by atoms with Crippen molar-refractivity contribution in [3.05, 3.63) is 70.5 Å². The lowest BCUT2D eigenvalue weighted by Crippen LogP contribution is -2.54. The third kappa shape index (κ3) is 5.97. The summed E-state index contributed by atoms with van der Waals surface area (Å²) >= 11 is 0. The number of carbonyl (C=O) groups is 3. The van der Waals surface area contributed by atoms with E-state index in [1.54, 1.807) is 18.2 Å². The number of hydrogen-bond acceptors (Lipinski definition) is 9. The van der Waals surface area contributed by atoms with Gasteiger partial charge in [0.2, 0.25) is 11.8 Å². The first-order valence-electron chi connectivity index (χ1n) is 12.1. The van der Waals surface area contributed by atoms with Gasteiger partial charge in [-0.1, -0.05) is 18.2 Å². The number of nitrogens with one attached hydrogen (secondary N) is 1. The summed E-state index contributed by atoms with van der Waals surface area (Å²) in [5.74, 6) is -7.38. The monoisotopic (exact) mass is 585 g/mol. The Labute approximate surface area is 227 Å². The summed E-state index contributed by atoms with van der Waals surface area (Å²) in [5.41, 5.74) is 0.885. The van der Waals surface area contributed by atoms with E-state index < -0.39 is 61.8 Å². The third-order valence-corrected chi connectivity index (χ3v) is 8.10. The summed E-state index contributed by atoms with van der Waals surface area (Å²) < 4.78 is 68.6. The Morgan fingerprint density at radius 2 is 1.82 bits per heavy atom. The summed E-state index contributed by atoms with van der Waals surface area (Å²) in [6, 6.07) is 7.15. The fraction of sp³-hybridized carbons (Fsp3) is 0.400. The zero-order valence-corrected chi connectivity index (χ0v) is 22.4. The number of carbonyl (C=O) groups excluding carboxylic acids is 3. The fourth-order valence-electron chi connectivity index (χ4n) is 4.56. The van der Waals surface area contributed by atoms with Gasteiger partial charge in [-0.2, -0.15) is 8.78 Å². The molecule has 4 rings (SSSR count). The number of alkyl halides is 2. The van der Waals surface area contributed by atoms with E-state index in [1.165, 1.54) is 4.90 Å². The highest BCUT2D eigenvalue weighted by Crippen LogP contribution is 2.47. The molecule has 0 spiro atoms. The number of amides is 3. The molecule has 2 unspecified atom stereocenters. The molecule has 1 fully saturated rings. The molecule has 11 nitrogen and oxygen atoms in total. The molecule has 216 valence electrons. The van der Waals surface area contributed by atoms with Gasteiger partial charge in [-0.15, -0.1) is 0 Å². The number of aliphatic hydroxyl groups is 1. The van der Waals surface area contributed by atoms with Crippen molar-refractivity contribution in [2.75, 3.05) is 21.0 Å². The third-order valence-electron chi connectivity index (χ3n) is 6.77. The van der Waals surface area contributed by atoms with Crippen molar-refractivity contribution in [2.45, 2.75) is 44.1 Å². The Morgan fingerprint density at radius 3 is 2.48 bits per heavy atom. The van der Waals surface area contributed by atoms with E-state index in [0.29, 0.717) is 16.7 Å². The van der Waals surface area contributed by atoms with Gasteiger partial charge in [-0.25, -0.2) is 8.96 Å². The predicted octanol–water partition coefficient (Wildman–Crippen LogP) is 2.93. The van der Waals surface area contributed by atoms with Crippen molar-refractivity contribution in [3.63, 3.8) is 0 Å². The second-order valence-corrected chi connectivity index (χ2v) is 11.0. The number of hydrogen-bond donors (Lipinski definition) is 2. The highest BCUT2D eigenvalue weighted by molar-refractivity contribution is 7.48. The van der Waals surface area contributed by atoms with Crippen molar-refractivity contribution in [1.82, 2.24) is 15.1 Å². The van der Waals surface area contributed by atoms with Gasteiger partial charge in [-0.3, -0.25) is 37.8 Å². The number of imide groups is 1. The van der Waals surface area contributed by atoms with Crippen LogP contribution in [0.3, 0.4) is 0 Å². The molecule has 2 aliphatic heterocycles.